The number of carbonyl (C=O) groups is 1. The van der Waals surface area contributed by atoms with E-state index in [1.165, 1.54) is 0 Å². The molecule has 82 valence electrons. The van der Waals surface area contributed by atoms with Gasteiger partial charge in [-0.3, -0.25) is 4.79 Å². The van der Waals surface area contributed by atoms with E-state index in [9.17, 15) is 4.79 Å². The Morgan fingerprint density at radius 3 is 2.47 bits per heavy atom. The number of nitrogens with zero attached hydrogens (tertiary/aromatic N) is 1. The van der Waals surface area contributed by atoms with Crippen LogP contribution < -0.4 is 0 Å². The molecule has 0 aliphatic heterocycles. The van der Waals surface area contributed by atoms with Crippen LogP contribution in [0.25, 0.3) is 0 Å². The van der Waals surface area contributed by atoms with E-state index in [1.807, 2.05) is 46.0 Å². The molecule has 15 heavy (non-hydrogen) atoms. The third kappa shape index (κ3) is 2.81. The lowest BCUT2D eigenvalue weighted by Crippen LogP contribution is -2.32. The van der Waals surface area contributed by atoms with Gasteiger partial charge in [0.05, 0.1) is 0 Å². The van der Waals surface area contributed by atoms with Crippen LogP contribution in [0.3, 0.4) is 0 Å². The third-order valence-corrected chi connectivity index (χ3v) is 3.37. The first-order valence-electron chi connectivity index (χ1n) is 4.96. The van der Waals surface area contributed by atoms with Gasteiger partial charge in [-0.1, -0.05) is 22.0 Å². The van der Waals surface area contributed by atoms with E-state index in [1.54, 1.807) is 4.90 Å². The number of hydrogen-bond acceptors (Lipinski definition) is 1. The molecule has 3 heteroatoms. The standard InChI is InChI=1S/C12H16BrNO/c1-8(2)14(4)12(15)10-6-5-9(3)11(13)7-10/h5-8H,1-4H3. The van der Waals surface area contributed by atoms with E-state index in [2.05, 4.69) is 15.9 Å². The normalized spacial score (nSPS) is 10.5. The lowest BCUT2D eigenvalue weighted by molar-refractivity contribution is 0.0755. The zero-order valence-electron chi connectivity index (χ0n) is 9.54. The SMILES string of the molecule is Cc1ccc(C(=O)N(C)C(C)C)cc1Br. The number of carbonyl (C=O) groups excluding carboxylic acids is 1. The van der Waals surface area contributed by atoms with Gasteiger partial charge in [0.15, 0.2) is 0 Å². The molecule has 0 bridgehead atoms. The Labute approximate surface area is 99.4 Å². The Hall–Kier alpha value is -0.830. The topological polar surface area (TPSA) is 20.3 Å². The molecule has 0 aliphatic rings. The third-order valence-electron chi connectivity index (χ3n) is 2.51. The average Bonchev–Trinajstić information content (AvgIpc) is 2.19. The molecule has 0 saturated carbocycles. The molecule has 0 N–H and O–H groups in total. The van der Waals surface area contributed by atoms with Gasteiger partial charge in [0.2, 0.25) is 0 Å². The van der Waals surface area contributed by atoms with Gasteiger partial charge in [0.1, 0.15) is 0 Å². The van der Waals surface area contributed by atoms with Crippen molar-refractivity contribution in [1.82, 2.24) is 4.90 Å². The van der Waals surface area contributed by atoms with Gasteiger partial charge in [-0.15, -0.1) is 0 Å². The monoisotopic (exact) mass is 269 g/mol. The quantitative estimate of drug-likeness (QED) is 0.807. The van der Waals surface area contributed by atoms with Gasteiger partial charge >= 0.3 is 0 Å². The smallest absolute Gasteiger partial charge is 0.253 e. The summed E-state index contributed by atoms with van der Waals surface area (Å²) in [4.78, 5) is 13.7. The van der Waals surface area contributed by atoms with Crippen molar-refractivity contribution in [3.05, 3.63) is 33.8 Å². The number of aryl methyl sites for hydroxylation is 1. The first-order valence-corrected chi connectivity index (χ1v) is 5.76. The Morgan fingerprint density at radius 2 is 2.00 bits per heavy atom. The van der Waals surface area contributed by atoms with Crippen LogP contribution in [-0.4, -0.2) is 23.9 Å². The fraction of sp³-hybridized carbons (Fsp3) is 0.417. The first-order chi connectivity index (χ1) is 6.93. The fourth-order valence-electron chi connectivity index (χ4n) is 1.16. The summed E-state index contributed by atoms with van der Waals surface area (Å²) in [6, 6.07) is 5.90. The van der Waals surface area contributed by atoms with Crippen molar-refractivity contribution < 1.29 is 4.79 Å². The maximum absolute atomic E-state index is 12.0. The molecule has 0 unspecified atom stereocenters. The maximum atomic E-state index is 12.0. The van der Waals surface area contributed by atoms with Crippen molar-refractivity contribution >= 4 is 21.8 Å². The molecule has 0 atom stereocenters. The zero-order valence-corrected chi connectivity index (χ0v) is 11.1. The van der Waals surface area contributed by atoms with Gasteiger partial charge in [0, 0.05) is 23.1 Å². The molecule has 0 spiro atoms. The van der Waals surface area contributed by atoms with Crippen molar-refractivity contribution in [3.63, 3.8) is 0 Å². The fourth-order valence-corrected chi connectivity index (χ4v) is 1.54. The van der Waals surface area contributed by atoms with Crippen molar-refractivity contribution in [2.45, 2.75) is 26.8 Å². The molecule has 0 aliphatic carbocycles. The molecule has 0 radical (unpaired) electrons. The summed E-state index contributed by atoms with van der Waals surface area (Å²) in [5.41, 5.74) is 1.86. The Balaban J connectivity index is 2.97. The predicted octanol–water partition coefficient (Wildman–Crippen LogP) is 3.24. The van der Waals surface area contributed by atoms with Gasteiger partial charge < -0.3 is 4.90 Å². The highest BCUT2D eigenvalue weighted by Crippen LogP contribution is 2.18. The maximum Gasteiger partial charge on any atom is 0.253 e. The lowest BCUT2D eigenvalue weighted by atomic mass is 10.1. The Kier molecular flexibility index (Phi) is 3.91. The van der Waals surface area contributed by atoms with E-state index in [0.717, 1.165) is 15.6 Å². The minimum Gasteiger partial charge on any atom is -0.339 e. The van der Waals surface area contributed by atoms with Crippen molar-refractivity contribution in [3.8, 4) is 0 Å². The molecule has 0 fully saturated rings. The first kappa shape index (κ1) is 12.2. The Bertz CT molecular complexity index is 374. The summed E-state index contributed by atoms with van der Waals surface area (Å²) >= 11 is 3.43. The van der Waals surface area contributed by atoms with Gasteiger partial charge in [-0.25, -0.2) is 0 Å². The van der Waals surface area contributed by atoms with Crippen LogP contribution in [0.1, 0.15) is 29.8 Å². The summed E-state index contributed by atoms with van der Waals surface area (Å²) in [7, 11) is 1.82. The zero-order chi connectivity index (χ0) is 11.6. The summed E-state index contributed by atoms with van der Waals surface area (Å²) in [5.74, 6) is 0.0608. The second kappa shape index (κ2) is 4.79. The molecular formula is C12H16BrNO. The van der Waals surface area contributed by atoms with Crippen molar-refractivity contribution in [2.75, 3.05) is 7.05 Å². The van der Waals surface area contributed by atoms with Gasteiger partial charge in [-0.05, 0) is 38.5 Å². The molecule has 0 heterocycles. The predicted molar refractivity (Wildman–Crippen MR) is 66.1 cm³/mol. The van der Waals surface area contributed by atoms with Crippen LogP contribution in [0, 0.1) is 6.92 Å². The van der Waals surface area contributed by atoms with E-state index in [4.69, 9.17) is 0 Å². The second-order valence-electron chi connectivity index (χ2n) is 3.97. The van der Waals surface area contributed by atoms with Gasteiger partial charge in [-0.2, -0.15) is 0 Å². The number of rotatable bonds is 2. The van der Waals surface area contributed by atoms with E-state index in [0.29, 0.717) is 0 Å². The number of benzene rings is 1. The molecule has 1 aromatic rings. The summed E-state index contributed by atoms with van der Waals surface area (Å²) in [6.45, 7) is 6.01. The second-order valence-corrected chi connectivity index (χ2v) is 4.83. The molecule has 0 saturated heterocycles. The van der Waals surface area contributed by atoms with Crippen LogP contribution in [0.5, 0.6) is 0 Å². The molecule has 1 amide bonds. The molecule has 1 rings (SSSR count). The number of hydrogen-bond donors (Lipinski definition) is 0. The highest BCUT2D eigenvalue weighted by Gasteiger charge is 2.14. The highest BCUT2D eigenvalue weighted by atomic mass is 79.9. The minimum absolute atomic E-state index is 0.0608. The number of amides is 1. The summed E-state index contributed by atoms with van der Waals surface area (Å²) in [6.07, 6.45) is 0. The largest absolute Gasteiger partial charge is 0.339 e. The average molecular weight is 270 g/mol. The van der Waals surface area contributed by atoms with E-state index in [-0.39, 0.29) is 11.9 Å². The molecular weight excluding hydrogens is 254 g/mol. The van der Waals surface area contributed by atoms with Crippen LogP contribution in [0.4, 0.5) is 0 Å². The number of halogens is 1. The van der Waals surface area contributed by atoms with Crippen LogP contribution >= 0.6 is 15.9 Å². The summed E-state index contributed by atoms with van der Waals surface area (Å²) < 4.78 is 0.977. The van der Waals surface area contributed by atoms with Crippen molar-refractivity contribution in [2.24, 2.45) is 0 Å². The van der Waals surface area contributed by atoms with Crippen LogP contribution in [0.15, 0.2) is 22.7 Å². The molecule has 2 nitrogen and oxygen atoms in total. The van der Waals surface area contributed by atoms with Gasteiger partial charge in [0.25, 0.3) is 5.91 Å². The molecule has 0 aromatic heterocycles. The Morgan fingerprint density at radius 1 is 1.40 bits per heavy atom. The summed E-state index contributed by atoms with van der Waals surface area (Å²) in [5, 5.41) is 0. The lowest BCUT2D eigenvalue weighted by Gasteiger charge is -2.21. The van der Waals surface area contributed by atoms with Crippen LogP contribution in [-0.2, 0) is 0 Å². The van der Waals surface area contributed by atoms with E-state index >= 15 is 0 Å². The molecule has 1 aromatic carbocycles. The van der Waals surface area contributed by atoms with Crippen molar-refractivity contribution in [1.29, 1.82) is 0 Å². The van der Waals surface area contributed by atoms with E-state index < -0.39 is 0 Å². The minimum atomic E-state index is 0.0608. The highest BCUT2D eigenvalue weighted by molar-refractivity contribution is 9.10. The van der Waals surface area contributed by atoms with Crippen LogP contribution in [0.2, 0.25) is 0 Å².